The fourth-order valence-corrected chi connectivity index (χ4v) is 2.77. The maximum absolute atomic E-state index is 7.41. The van der Waals surface area contributed by atoms with Crippen molar-refractivity contribution >= 4 is 27.3 Å². The molecule has 1 aliphatic rings. The Bertz CT molecular complexity index is 538. The van der Waals surface area contributed by atoms with E-state index in [-0.39, 0.29) is 5.84 Å². The first-order valence-electron chi connectivity index (χ1n) is 5.12. The summed E-state index contributed by atoms with van der Waals surface area (Å²) in [6.07, 6.45) is 2.66. The van der Waals surface area contributed by atoms with Crippen LogP contribution in [-0.2, 0) is 0 Å². The molecule has 0 amide bonds. The van der Waals surface area contributed by atoms with E-state index in [9.17, 15) is 0 Å². The minimum absolute atomic E-state index is 0.171. The molecule has 3 N–H and O–H groups in total. The summed E-state index contributed by atoms with van der Waals surface area (Å²) in [5.74, 6) is 0.958. The zero-order valence-electron chi connectivity index (χ0n) is 8.29. The molecule has 15 heavy (non-hydrogen) atoms. The van der Waals surface area contributed by atoms with Crippen LogP contribution >= 0.6 is 11.3 Å². The van der Waals surface area contributed by atoms with Gasteiger partial charge in [0, 0.05) is 4.70 Å². The molecular formula is C12H12N2S. The number of rotatable bonds is 2. The fourth-order valence-electron chi connectivity index (χ4n) is 1.87. The van der Waals surface area contributed by atoms with Gasteiger partial charge in [-0.05, 0) is 41.8 Å². The topological polar surface area (TPSA) is 49.9 Å². The maximum atomic E-state index is 7.41. The van der Waals surface area contributed by atoms with E-state index >= 15 is 0 Å². The minimum atomic E-state index is 0.171. The largest absolute Gasteiger partial charge is 0.383 e. The van der Waals surface area contributed by atoms with Crippen LogP contribution in [0.1, 0.15) is 29.2 Å². The number of fused-ring (bicyclic) bond motifs is 1. The van der Waals surface area contributed by atoms with Crippen LogP contribution in [-0.4, -0.2) is 5.84 Å². The standard InChI is InChI=1S/C12H12N2S/c13-12(14)11-6-9-5-8(7-1-2-7)3-4-10(9)15-11/h3-7H,1-2H2,(H3,13,14). The van der Waals surface area contributed by atoms with Crippen molar-refractivity contribution in [3.63, 3.8) is 0 Å². The third-order valence-corrected chi connectivity index (χ3v) is 4.00. The molecule has 1 fully saturated rings. The molecule has 0 unspecified atom stereocenters. The molecule has 3 rings (SSSR count). The van der Waals surface area contributed by atoms with E-state index in [4.69, 9.17) is 11.1 Å². The third kappa shape index (κ3) is 1.53. The number of benzene rings is 1. The van der Waals surface area contributed by atoms with Gasteiger partial charge in [0.1, 0.15) is 5.84 Å². The van der Waals surface area contributed by atoms with Gasteiger partial charge < -0.3 is 5.73 Å². The molecule has 2 aromatic rings. The van der Waals surface area contributed by atoms with Gasteiger partial charge in [-0.3, -0.25) is 5.41 Å². The van der Waals surface area contributed by atoms with E-state index in [1.807, 2.05) is 6.07 Å². The number of hydrogen-bond acceptors (Lipinski definition) is 2. The minimum Gasteiger partial charge on any atom is -0.383 e. The Kier molecular flexibility index (Phi) is 1.83. The smallest absolute Gasteiger partial charge is 0.133 e. The first-order chi connectivity index (χ1) is 7.24. The van der Waals surface area contributed by atoms with Crippen LogP contribution in [0.15, 0.2) is 24.3 Å². The van der Waals surface area contributed by atoms with E-state index in [0.717, 1.165) is 10.8 Å². The zero-order chi connectivity index (χ0) is 10.4. The zero-order valence-corrected chi connectivity index (χ0v) is 9.10. The quantitative estimate of drug-likeness (QED) is 0.588. The van der Waals surface area contributed by atoms with Gasteiger partial charge in [-0.1, -0.05) is 12.1 Å². The van der Waals surface area contributed by atoms with Crippen molar-refractivity contribution in [3.8, 4) is 0 Å². The number of nitrogens with one attached hydrogen (secondary N) is 1. The molecule has 3 heteroatoms. The predicted octanol–water partition coefficient (Wildman–Crippen LogP) is 3.06. The van der Waals surface area contributed by atoms with Crippen molar-refractivity contribution in [3.05, 3.63) is 34.7 Å². The number of hydrogen-bond donors (Lipinski definition) is 2. The van der Waals surface area contributed by atoms with Crippen molar-refractivity contribution < 1.29 is 0 Å². The first kappa shape index (κ1) is 8.92. The van der Waals surface area contributed by atoms with Gasteiger partial charge in [0.25, 0.3) is 0 Å². The van der Waals surface area contributed by atoms with Gasteiger partial charge in [-0.25, -0.2) is 0 Å². The highest BCUT2D eigenvalue weighted by Gasteiger charge is 2.23. The molecule has 2 nitrogen and oxygen atoms in total. The fraction of sp³-hybridized carbons (Fsp3) is 0.250. The van der Waals surface area contributed by atoms with E-state index in [1.54, 1.807) is 11.3 Å². The molecule has 0 radical (unpaired) electrons. The van der Waals surface area contributed by atoms with Gasteiger partial charge in [0.05, 0.1) is 4.88 Å². The maximum Gasteiger partial charge on any atom is 0.133 e. The summed E-state index contributed by atoms with van der Waals surface area (Å²) in [6.45, 7) is 0. The second-order valence-corrected chi connectivity index (χ2v) is 5.18. The molecule has 1 aromatic carbocycles. The summed E-state index contributed by atoms with van der Waals surface area (Å²) >= 11 is 1.60. The monoisotopic (exact) mass is 216 g/mol. The normalized spacial score (nSPS) is 15.7. The van der Waals surface area contributed by atoms with E-state index in [0.29, 0.717) is 0 Å². The number of nitrogens with two attached hydrogens (primary N) is 1. The Balaban J connectivity index is 2.13. The molecule has 0 aliphatic heterocycles. The summed E-state index contributed by atoms with van der Waals surface area (Å²) < 4.78 is 1.23. The molecule has 0 spiro atoms. The summed E-state index contributed by atoms with van der Waals surface area (Å²) in [7, 11) is 0. The third-order valence-electron chi connectivity index (χ3n) is 2.85. The van der Waals surface area contributed by atoms with Crippen molar-refractivity contribution in [2.45, 2.75) is 18.8 Å². The lowest BCUT2D eigenvalue weighted by Gasteiger charge is -1.96. The van der Waals surface area contributed by atoms with E-state index in [1.165, 1.54) is 28.5 Å². The molecule has 1 aromatic heterocycles. The summed E-state index contributed by atoms with van der Waals surface area (Å²) in [5.41, 5.74) is 6.92. The average molecular weight is 216 g/mol. The summed E-state index contributed by atoms with van der Waals surface area (Å²) in [5, 5.41) is 8.64. The van der Waals surface area contributed by atoms with E-state index in [2.05, 4.69) is 18.2 Å². The van der Waals surface area contributed by atoms with Gasteiger partial charge in [0.15, 0.2) is 0 Å². The Morgan fingerprint density at radius 2 is 2.13 bits per heavy atom. The van der Waals surface area contributed by atoms with Crippen LogP contribution in [0.4, 0.5) is 0 Å². The van der Waals surface area contributed by atoms with E-state index < -0.39 is 0 Å². The van der Waals surface area contributed by atoms with Crippen LogP contribution in [0.3, 0.4) is 0 Å². The van der Waals surface area contributed by atoms with Crippen molar-refractivity contribution in [2.75, 3.05) is 0 Å². The predicted molar refractivity (Wildman–Crippen MR) is 64.8 cm³/mol. The molecule has 0 saturated heterocycles. The first-order valence-corrected chi connectivity index (χ1v) is 5.93. The number of amidine groups is 1. The molecule has 1 saturated carbocycles. The van der Waals surface area contributed by atoms with Gasteiger partial charge in [-0.2, -0.15) is 0 Å². The van der Waals surface area contributed by atoms with Crippen LogP contribution < -0.4 is 5.73 Å². The molecule has 1 heterocycles. The van der Waals surface area contributed by atoms with Gasteiger partial charge in [-0.15, -0.1) is 11.3 Å². The Morgan fingerprint density at radius 1 is 1.33 bits per heavy atom. The highest BCUT2D eigenvalue weighted by Crippen LogP contribution is 2.41. The number of nitrogen functional groups attached to an aromatic ring is 1. The molecule has 76 valence electrons. The van der Waals surface area contributed by atoms with Crippen molar-refractivity contribution in [1.29, 1.82) is 5.41 Å². The summed E-state index contributed by atoms with van der Waals surface area (Å²) in [4.78, 5) is 0.873. The van der Waals surface area contributed by atoms with Gasteiger partial charge in [0.2, 0.25) is 0 Å². The lowest BCUT2D eigenvalue weighted by atomic mass is 10.1. The summed E-state index contributed by atoms with van der Waals surface area (Å²) in [6, 6.07) is 8.63. The Morgan fingerprint density at radius 3 is 2.80 bits per heavy atom. The lowest BCUT2D eigenvalue weighted by molar-refractivity contribution is 1.14. The van der Waals surface area contributed by atoms with Crippen LogP contribution in [0, 0.1) is 5.41 Å². The van der Waals surface area contributed by atoms with Crippen LogP contribution in [0.5, 0.6) is 0 Å². The van der Waals surface area contributed by atoms with Gasteiger partial charge >= 0.3 is 0 Å². The second kappa shape index (κ2) is 3.07. The molecule has 0 atom stereocenters. The molecule has 1 aliphatic carbocycles. The Hall–Kier alpha value is -1.35. The van der Waals surface area contributed by atoms with Crippen molar-refractivity contribution in [1.82, 2.24) is 0 Å². The SMILES string of the molecule is N=C(N)c1cc2cc(C3CC3)ccc2s1. The van der Waals surface area contributed by atoms with Crippen LogP contribution in [0.25, 0.3) is 10.1 Å². The highest BCUT2D eigenvalue weighted by atomic mass is 32.1. The highest BCUT2D eigenvalue weighted by molar-refractivity contribution is 7.20. The van der Waals surface area contributed by atoms with Crippen LogP contribution in [0.2, 0.25) is 0 Å². The molecule has 0 bridgehead atoms. The van der Waals surface area contributed by atoms with Crippen molar-refractivity contribution in [2.24, 2.45) is 5.73 Å². The number of thiophene rings is 1. The lowest BCUT2D eigenvalue weighted by Crippen LogP contribution is -2.08. The Labute approximate surface area is 92.2 Å². The average Bonchev–Trinajstić information content (AvgIpc) is 2.96. The second-order valence-electron chi connectivity index (χ2n) is 4.10. The molecular weight excluding hydrogens is 204 g/mol.